The molecule has 0 radical (unpaired) electrons. The fourth-order valence-electron chi connectivity index (χ4n) is 3.76. The minimum Gasteiger partial charge on any atom is -0.494 e. The Balaban J connectivity index is 1.91. The molecule has 1 aliphatic rings. The molecule has 8 nitrogen and oxygen atoms in total. The predicted molar refractivity (Wildman–Crippen MR) is 121 cm³/mol. The van der Waals surface area contributed by atoms with Crippen LogP contribution in [0.2, 0.25) is 0 Å². The molecule has 0 aliphatic carbocycles. The highest BCUT2D eigenvalue weighted by molar-refractivity contribution is 7.88. The van der Waals surface area contributed by atoms with Crippen molar-refractivity contribution in [1.82, 2.24) is 14.5 Å². The van der Waals surface area contributed by atoms with Gasteiger partial charge in [0.15, 0.2) is 0 Å². The van der Waals surface area contributed by atoms with Gasteiger partial charge < -0.3 is 15.0 Å². The van der Waals surface area contributed by atoms with Gasteiger partial charge in [0.1, 0.15) is 17.1 Å². The molecule has 1 saturated heterocycles. The molecule has 0 bridgehead atoms. The van der Waals surface area contributed by atoms with Crippen LogP contribution < -0.4 is 10.1 Å². The van der Waals surface area contributed by atoms with Crippen molar-refractivity contribution in [3.8, 4) is 5.75 Å². The minimum atomic E-state index is -3.71. The summed E-state index contributed by atoms with van der Waals surface area (Å²) in [4.78, 5) is 27.9. The maximum absolute atomic E-state index is 13.4. The van der Waals surface area contributed by atoms with Crippen molar-refractivity contribution in [1.29, 1.82) is 0 Å². The van der Waals surface area contributed by atoms with Crippen molar-refractivity contribution < 1.29 is 27.1 Å². The Hall–Kier alpha value is -2.98. The van der Waals surface area contributed by atoms with Crippen molar-refractivity contribution in [3.05, 3.63) is 65.5 Å². The van der Waals surface area contributed by atoms with E-state index in [1.54, 1.807) is 37.3 Å². The normalized spacial score (nSPS) is 19.4. The zero-order valence-corrected chi connectivity index (χ0v) is 19.7. The van der Waals surface area contributed by atoms with Gasteiger partial charge in [-0.05, 0) is 37.6 Å². The number of carbonyl (C=O) groups excluding carboxylic acids is 2. The third-order valence-corrected chi connectivity index (χ3v) is 6.81. The van der Waals surface area contributed by atoms with Crippen molar-refractivity contribution >= 4 is 21.8 Å². The van der Waals surface area contributed by atoms with Crippen LogP contribution >= 0.6 is 0 Å². The van der Waals surface area contributed by atoms with Crippen LogP contribution in [0.5, 0.6) is 5.75 Å². The first-order chi connectivity index (χ1) is 15.5. The topological polar surface area (TPSA) is 96.0 Å². The fraction of sp³-hybridized carbons (Fsp3) is 0.391. The highest BCUT2D eigenvalue weighted by Gasteiger charge is 2.49. The van der Waals surface area contributed by atoms with Gasteiger partial charge in [0, 0.05) is 18.7 Å². The van der Waals surface area contributed by atoms with Crippen molar-refractivity contribution in [3.63, 3.8) is 0 Å². The van der Waals surface area contributed by atoms with E-state index >= 15 is 0 Å². The van der Waals surface area contributed by atoms with Crippen LogP contribution in [0.4, 0.5) is 4.39 Å². The molecule has 1 heterocycles. The Morgan fingerprint density at radius 2 is 1.85 bits per heavy atom. The highest BCUT2D eigenvalue weighted by Crippen LogP contribution is 2.29. The van der Waals surface area contributed by atoms with Gasteiger partial charge in [0.05, 0.1) is 26.0 Å². The summed E-state index contributed by atoms with van der Waals surface area (Å²) in [5.74, 6) is -0.801. The van der Waals surface area contributed by atoms with Gasteiger partial charge in [-0.3, -0.25) is 9.59 Å². The zero-order chi connectivity index (χ0) is 24.2. The number of nitrogens with zero attached hydrogens (tertiary/aromatic N) is 2. The monoisotopic (exact) mass is 477 g/mol. The number of sulfonamides is 1. The standard InChI is InChI=1S/C23H28FN3O5S/c1-4-32-20-8-6-5-7-18(20)14-27-21(28)15-26(33(3,30)31)16-23(27,2)22(29)25-13-17-9-11-19(24)12-10-17/h5-12H,4,13-16H2,1-3H3,(H,25,29). The zero-order valence-electron chi connectivity index (χ0n) is 18.9. The first-order valence-corrected chi connectivity index (χ1v) is 12.4. The summed E-state index contributed by atoms with van der Waals surface area (Å²) >= 11 is 0. The lowest BCUT2D eigenvalue weighted by Crippen LogP contribution is -2.69. The van der Waals surface area contributed by atoms with E-state index in [1.807, 2.05) is 13.0 Å². The molecule has 0 saturated carbocycles. The fourth-order valence-corrected chi connectivity index (χ4v) is 4.59. The lowest BCUT2D eigenvalue weighted by molar-refractivity contribution is -0.153. The molecule has 1 aliphatic heterocycles. The second-order valence-electron chi connectivity index (χ2n) is 8.13. The molecule has 0 spiro atoms. The smallest absolute Gasteiger partial charge is 0.247 e. The number of hydrogen-bond donors (Lipinski definition) is 1. The number of piperazine rings is 1. The summed E-state index contributed by atoms with van der Waals surface area (Å²) in [5, 5.41) is 2.77. The summed E-state index contributed by atoms with van der Waals surface area (Å²) in [7, 11) is -3.71. The molecule has 0 aromatic heterocycles. The maximum atomic E-state index is 13.4. The van der Waals surface area contributed by atoms with Gasteiger partial charge >= 0.3 is 0 Å². The third kappa shape index (κ3) is 5.69. The minimum absolute atomic E-state index is 0.0765. The van der Waals surface area contributed by atoms with Crippen LogP contribution in [0.3, 0.4) is 0 Å². The number of halogens is 1. The van der Waals surface area contributed by atoms with Crippen LogP contribution in [0.1, 0.15) is 25.0 Å². The van der Waals surface area contributed by atoms with Gasteiger partial charge in [-0.2, -0.15) is 4.31 Å². The number of amides is 2. The molecule has 1 unspecified atom stereocenters. The SMILES string of the molecule is CCOc1ccccc1CN1C(=O)CN(S(C)(=O)=O)CC1(C)C(=O)NCc1ccc(F)cc1. The summed E-state index contributed by atoms with van der Waals surface area (Å²) in [6, 6.07) is 12.9. The second-order valence-corrected chi connectivity index (χ2v) is 10.1. The van der Waals surface area contributed by atoms with Crippen molar-refractivity contribution in [2.45, 2.75) is 32.5 Å². The molecule has 2 amide bonds. The number of nitrogens with one attached hydrogen (secondary N) is 1. The van der Waals surface area contributed by atoms with E-state index in [0.717, 1.165) is 10.6 Å². The van der Waals surface area contributed by atoms with Crippen molar-refractivity contribution in [2.75, 3.05) is 26.0 Å². The van der Waals surface area contributed by atoms with Gasteiger partial charge in [0.2, 0.25) is 21.8 Å². The van der Waals surface area contributed by atoms with Gasteiger partial charge in [-0.25, -0.2) is 12.8 Å². The lowest BCUT2D eigenvalue weighted by atomic mass is 9.94. The molecule has 3 rings (SSSR count). The number of para-hydroxylation sites is 1. The second kappa shape index (κ2) is 9.88. The van der Waals surface area contributed by atoms with E-state index in [2.05, 4.69) is 5.32 Å². The Bertz CT molecular complexity index is 1120. The number of ether oxygens (including phenoxy) is 1. The number of carbonyl (C=O) groups is 2. The van der Waals surface area contributed by atoms with Gasteiger partial charge in [-0.15, -0.1) is 0 Å². The molecule has 33 heavy (non-hydrogen) atoms. The predicted octanol–water partition coefficient (Wildman–Crippen LogP) is 1.90. The molecule has 1 fully saturated rings. The molecular weight excluding hydrogens is 449 g/mol. The first-order valence-electron chi connectivity index (χ1n) is 10.5. The van der Waals surface area contributed by atoms with E-state index in [-0.39, 0.29) is 26.2 Å². The van der Waals surface area contributed by atoms with Gasteiger partial charge in [0.25, 0.3) is 0 Å². The van der Waals surface area contributed by atoms with Crippen LogP contribution in [0, 0.1) is 5.82 Å². The Labute approximate surface area is 193 Å². The average molecular weight is 478 g/mol. The molecular formula is C23H28FN3O5S. The lowest BCUT2D eigenvalue weighted by Gasteiger charge is -2.46. The first kappa shape index (κ1) is 24.7. The van der Waals surface area contributed by atoms with Crippen LogP contribution in [0.25, 0.3) is 0 Å². The van der Waals surface area contributed by atoms with E-state index in [0.29, 0.717) is 23.5 Å². The van der Waals surface area contributed by atoms with E-state index in [4.69, 9.17) is 4.74 Å². The van der Waals surface area contributed by atoms with E-state index in [9.17, 15) is 22.4 Å². The summed E-state index contributed by atoms with van der Waals surface area (Å²) < 4.78 is 44.3. The van der Waals surface area contributed by atoms with Crippen LogP contribution in [-0.4, -0.2) is 60.9 Å². The summed E-state index contributed by atoms with van der Waals surface area (Å²) in [5.41, 5.74) is -0.0978. The van der Waals surface area contributed by atoms with Crippen molar-refractivity contribution in [2.24, 2.45) is 0 Å². The molecule has 2 aromatic rings. The summed E-state index contributed by atoms with van der Waals surface area (Å²) in [6.45, 7) is 3.46. The molecule has 1 atom stereocenters. The van der Waals surface area contributed by atoms with Gasteiger partial charge in [-0.1, -0.05) is 30.3 Å². The van der Waals surface area contributed by atoms with E-state index in [1.165, 1.54) is 17.0 Å². The number of hydrogen-bond acceptors (Lipinski definition) is 5. The number of benzene rings is 2. The maximum Gasteiger partial charge on any atom is 0.247 e. The largest absolute Gasteiger partial charge is 0.494 e. The molecule has 1 N–H and O–H groups in total. The van der Waals surface area contributed by atoms with Crippen LogP contribution in [0.15, 0.2) is 48.5 Å². The molecule has 10 heteroatoms. The molecule has 2 aromatic carbocycles. The highest BCUT2D eigenvalue weighted by atomic mass is 32.2. The van der Waals surface area contributed by atoms with Crippen LogP contribution in [-0.2, 0) is 32.7 Å². The quantitative estimate of drug-likeness (QED) is 0.627. The van der Waals surface area contributed by atoms with E-state index < -0.39 is 33.2 Å². The Morgan fingerprint density at radius 3 is 2.48 bits per heavy atom. The summed E-state index contributed by atoms with van der Waals surface area (Å²) in [6.07, 6.45) is 1.01. The number of rotatable bonds is 8. The Morgan fingerprint density at radius 1 is 1.18 bits per heavy atom. The molecule has 178 valence electrons. The third-order valence-electron chi connectivity index (χ3n) is 5.62. The Kier molecular flexibility index (Phi) is 7.38. The average Bonchev–Trinajstić information content (AvgIpc) is 2.76.